The van der Waals surface area contributed by atoms with E-state index in [4.69, 9.17) is 23.1 Å². The summed E-state index contributed by atoms with van der Waals surface area (Å²) in [6.45, 7) is 1.39. The molecule has 1 spiro atoms. The van der Waals surface area contributed by atoms with Crippen molar-refractivity contribution in [3.8, 4) is 0 Å². The predicted molar refractivity (Wildman–Crippen MR) is 151 cm³/mol. The summed E-state index contributed by atoms with van der Waals surface area (Å²) in [5.74, 6) is -1.02. The summed E-state index contributed by atoms with van der Waals surface area (Å²) >= 11 is 5.86. The van der Waals surface area contributed by atoms with Crippen LogP contribution in [0.5, 0.6) is 0 Å². The summed E-state index contributed by atoms with van der Waals surface area (Å²) in [4.78, 5) is 43.2. The highest BCUT2D eigenvalue weighted by Crippen LogP contribution is 2.26. The molecule has 41 heavy (non-hydrogen) atoms. The molecule has 1 aromatic carbocycles. The van der Waals surface area contributed by atoms with Crippen molar-refractivity contribution < 1.29 is 18.0 Å². The van der Waals surface area contributed by atoms with Crippen LogP contribution < -0.4 is 26.8 Å². The molecule has 2 aliphatic rings. The topological polar surface area (TPSA) is 211 Å². The number of carbonyl (C=O) groups is 2. The van der Waals surface area contributed by atoms with Crippen LogP contribution in [0.15, 0.2) is 58.7 Å². The lowest BCUT2D eigenvalue weighted by molar-refractivity contribution is 0.0668. The zero-order valence-corrected chi connectivity index (χ0v) is 23.2. The molecule has 0 bridgehead atoms. The highest BCUT2D eigenvalue weighted by atomic mass is 35.5. The van der Waals surface area contributed by atoms with Crippen LogP contribution in [0.2, 0.25) is 5.15 Å². The number of anilines is 2. The van der Waals surface area contributed by atoms with Crippen molar-refractivity contribution in [1.82, 2.24) is 35.2 Å². The Kier molecular flexibility index (Phi) is 7.75. The number of nitrogens with one attached hydrogen (secondary N) is 3. The number of nitrogen functional groups attached to an aromatic ring is 2. The van der Waals surface area contributed by atoms with Crippen molar-refractivity contribution in [2.75, 3.05) is 31.1 Å². The minimum absolute atomic E-state index is 0.000571. The van der Waals surface area contributed by atoms with Crippen LogP contribution in [-0.2, 0) is 16.6 Å². The first-order valence-electron chi connectivity index (χ1n) is 12.6. The number of benzene rings is 1. The molecule has 2 saturated heterocycles. The number of hydrogen-bond donors (Lipinski definition) is 5. The first kappa shape index (κ1) is 28.2. The second-order valence-electron chi connectivity index (χ2n) is 9.66. The van der Waals surface area contributed by atoms with E-state index in [9.17, 15) is 18.0 Å². The molecule has 214 valence electrons. The van der Waals surface area contributed by atoms with Crippen molar-refractivity contribution >= 4 is 51.0 Å². The Labute approximate surface area is 240 Å². The van der Waals surface area contributed by atoms with Crippen LogP contribution in [0.1, 0.15) is 39.3 Å². The molecule has 2 aliphatic heterocycles. The van der Waals surface area contributed by atoms with Crippen molar-refractivity contribution in [2.24, 2.45) is 4.99 Å². The normalized spacial score (nSPS) is 17.3. The summed E-state index contributed by atoms with van der Waals surface area (Å²) in [7, 11) is -3.84. The number of nitrogens with two attached hydrogens (primary N) is 2. The molecule has 7 N–H and O–H groups in total. The van der Waals surface area contributed by atoms with Gasteiger partial charge in [-0.05, 0) is 42.7 Å². The lowest BCUT2D eigenvalue weighted by Crippen LogP contribution is -2.53. The van der Waals surface area contributed by atoms with Gasteiger partial charge in [0, 0.05) is 44.1 Å². The van der Waals surface area contributed by atoms with Crippen molar-refractivity contribution in [2.45, 2.75) is 29.8 Å². The third kappa shape index (κ3) is 6.21. The van der Waals surface area contributed by atoms with Gasteiger partial charge >= 0.3 is 5.91 Å². The summed E-state index contributed by atoms with van der Waals surface area (Å²) in [6.07, 6.45) is 4.32. The van der Waals surface area contributed by atoms with E-state index in [0.717, 1.165) is 0 Å². The number of piperidine rings is 1. The number of aromatic nitrogens is 3. The maximum Gasteiger partial charge on any atom is 0.302 e. The monoisotopic (exact) mass is 598 g/mol. The number of hydrogen-bond acceptors (Lipinski definition) is 9. The standard InChI is InChI=1S/C25H27ClN10O4S/c26-19-21(28)33-20(27)18(32-19)22(37)34-24-30-14-25(35-24)6-9-36(10-7-25)23(38)16-4-1-5-17(11-16)41(39,40)31-13-15-3-2-8-29-12-15/h1-5,8,11-12,31H,6-7,9-10,13-14H2,(H4,27,28,33)(H2,30,34,35,37). The van der Waals surface area contributed by atoms with Crippen molar-refractivity contribution in [1.29, 1.82) is 0 Å². The van der Waals surface area contributed by atoms with Crippen LogP contribution in [0.4, 0.5) is 11.6 Å². The largest absolute Gasteiger partial charge is 0.382 e. The minimum atomic E-state index is -3.84. The van der Waals surface area contributed by atoms with Crippen molar-refractivity contribution in [3.05, 3.63) is 70.8 Å². The summed E-state index contributed by atoms with van der Waals surface area (Å²) in [5.41, 5.74) is 11.7. The summed E-state index contributed by atoms with van der Waals surface area (Å²) < 4.78 is 28.2. The SMILES string of the molecule is Nc1nc(N)c(C(=O)/N=C2\NCC3(CCN(C(=O)c4cccc(S(=O)(=O)NCc5cccnc5)c4)CC3)N2)nc1Cl. The van der Waals surface area contributed by atoms with Gasteiger partial charge in [0.05, 0.1) is 10.4 Å². The summed E-state index contributed by atoms with van der Waals surface area (Å²) in [5, 5.41) is 6.18. The molecule has 0 aliphatic carbocycles. The van der Waals surface area contributed by atoms with Gasteiger partial charge in [0.2, 0.25) is 10.0 Å². The molecule has 5 rings (SSSR count). The first-order valence-corrected chi connectivity index (χ1v) is 14.4. The number of rotatable bonds is 6. The Bertz CT molecular complexity index is 1630. The predicted octanol–water partition coefficient (Wildman–Crippen LogP) is 0.532. The Balaban J connectivity index is 1.20. The number of guanidine groups is 1. The lowest BCUT2D eigenvalue weighted by Gasteiger charge is -2.38. The Morgan fingerprint density at radius 2 is 1.90 bits per heavy atom. The summed E-state index contributed by atoms with van der Waals surface area (Å²) in [6, 6.07) is 9.45. The molecule has 14 nitrogen and oxygen atoms in total. The first-order chi connectivity index (χ1) is 19.6. The van der Waals surface area contributed by atoms with E-state index in [1.807, 2.05) is 0 Å². The van der Waals surface area contributed by atoms with Crippen LogP contribution in [0.3, 0.4) is 0 Å². The number of halogens is 1. The zero-order valence-electron chi connectivity index (χ0n) is 21.7. The maximum atomic E-state index is 13.3. The molecule has 4 heterocycles. The lowest BCUT2D eigenvalue weighted by atomic mass is 9.88. The van der Waals surface area contributed by atoms with Gasteiger partial charge in [-0.2, -0.15) is 4.99 Å². The number of aliphatic imine (C=N–C) groups is 1. The van der Waals surface area contributed by atoms with Gasteiger partial charge < -0.3 is 27.0 Å². The molecule has 0 atom stereocenters. The fourth-order valence-electron chi connectivity index (χ4n) is 4.60. The number of amides is 2. The van der Waals surface area contributed by atoms with E-state index < -0.39 is 21.5 Å². The van der Waals surface area contributed by atoms with Gasteiger partial charge in [0.25, 0.3) is 5.91 Å². The maximum absolute atomic E-state index is 13.3. The third-order valence-electron chi connectivity index (χ3n) is 6.89. The van der Waals surface area contributed by atoms with Gasteiger partial charge in [-0.1, -0.05) is 23.7 Å². The minimum Gasteiger partial charge on any atom is -0.382 e. The third-order valence-corrected chi connectivity index (χ3v) is 8.56. The van der Waals surface area contributed by atoms with Gasteiger partial charge in [-0.15, -0.1) is 0 Å². The quantitative estimate of drug-likeness (QED) is 0.264. The second kappa shape index (κ2) is 11.3. The molecule has 2 fully saturated rings. The van der Waals surface area contributed by atoms with Crippen LogP contribution in [0.25, 0.3) is 0 Å². The average molecular weight is 599 g/mol. The number of sulfonamides is 1. The van der Waals surface area contributed by atoms with E-state index >= 15 is 0 Å². The van der Waals surface area contributed by atoms with E-state index in [2.05, 4.69) is 35.3 Å². The van der Waals surface area contributed by atoms with Crippen molar-refractivity contribution in [3.63, 3.8) is 0 Å². The molecule has 0 unspecified atom stereocenters. The van der Waals surface area contributed by atoms with Gasteiger partial charge in [-0.25, -0.2) is 23.1 Å². The molecule has 16 heteroatoms. The van der Waals surface area contributed by atoms with E-state index in [1.54, 1.807) is 41.6 Å². The highest BCUT2D eigenvalue weighted by Gasteiger charge is 2.41. The van der Waals surface area contributed by atoms with Crippen LogP contribution in [0, 0.1) is 0 Å². The Morgan fingerprint density at radius 1 is 1.12 bits per heavy atom. The van der Waals surface area contributed by atoms with E-state index in [1.165, 1.54) is 12.1 Å². The number of carbonyl (C=O) groups excluding carboxylic acids is 2. The molecular weight excluding hydrogens is 572 g/mol. The zero-order chi connectivity index (χ0) is 29.2. The van der Waals surface area contributed by atoms with Gasteiger partial charge in [0.1, 0.15) is 0 Å². The van der Waals surface area contributed by atoms with Crippen LogP contribution in [-0.4, -0.2) is 71.2 Å². The number of nitrogens with zero attached hydrogens (tertiary/aromatic N) is 5. The smallest absolute Gasteiger partial charge is 0.302 e. The molecule has 0 saturated carbocycles. The molecular formula is C25H27ClN10O4S. The molecule has 2 amide bonds. The number of likely N-dealkylation sites (tertiary alicyclic amines) is 1. The van der Waals surface area contributed by atoms with Gasteiger partial charge in [0.15, 0.2) is 28.4 Å². The molecule has 3 aromatic rings. The fourth-order valence-corrected chi connectivity index (χ4v) is 5.79. The van der Waals surface area contributed by atoms with E-state index in [0.29, 0.717) is 38.0 Å². The Hall–Kier alpha value is -4.34. The second-order valence-corrected chi connectivity index (χ2v) is 11.8. The van der Waals surface area contributed by atoms with Gasteiger partial charge in [-0.3, -0.25) is 14.6 Å². The number of pyridine rings is 1. The van der Waals surface area contributed by atoms with Crippen LogP contribution >= 0.6 is 11.6 Å². The fraction of sp³-hybridized carbons (Fsp3) is 0.280. The highest BCUT2D eigenvalue weighted by molar-refractivity contribution is 7.89. The average Bonchev–Trinajstić information content (AvgIpc) is 3.35. The van der Waals surface area contributed by atoms with E-state index in [-0.39, 0.29) is 51.4 Å². The Morgan fingerprint density at radius 3 is 2.63 bits per heavy atom. The molecule has 0 radical (unpaired) electrons. The molecule has 2 aromatic heterocycles.